The van der Waals surface area contributed by atoms with E-state index in [1.165, 1.54) is 47.9 Å². The number of aromatic nitrogens is 2. The number of hydrogen-bond donors (Lipinski definition) is 2. The minimum atomic E-state index is 0.656. The minimum absolute atomic E-state index is 0.656. The number of nitrogens with zero attached hydrogens (tertiary/aromatic N) is 2. The summed E-state index contributed by atoms with van der Waals surface area (Å²) in [4.78, 5) is 10.7. The normalized spacial score (nSPS) is 14.2. The zero-order valence-corrected chi connectivity index (χ0v) is 28.5. The highest BCUT2D eigenvalue weighted by Crippen LogP contribution is 2.41. The maximum atomic E-state index is 6.48. The fourth-order valence-electron chi connectivity index (χ4n) is 7.75. The van der Waals surface area contributed by atoms with Crippen LogP contribution in [0.5, 0.6) is 0 Å². The smallest absolute Gasteiger partial charge is 0.0760 e. The Morgan fingerprint density at radius 1 is 0.574 bits per heavy atom. The van der Waals surface area contributed by atoms with Crippen LogP contribution in [0.2, 0.25) is 10.0 Å². The Bertz CT molecular complexity index is 2030. The average Bonchev–Trinajstić information content (AvgIpc) is 3.07. The van der Waals surface area contributed by atoms with Gasteiger partial charge in [-0.25, -0.2) is 0 Å². The molecule has 6 aromatic rings. The lowest BCUT2D eigenvalue weighted by molar-refractivity contribution is 0.688. The largest absolute Gasteiger partial charge is 0.355 e. The molecule has 0 atom stereocenters. The summed E-state index contributed by atoms with van der Waals surface area (Å²) >= 11 is 13.0. The monoisotopic (exact) mass is 656 g/mol. The molecule has 0 spiro atoms. The Hall–Kier alpha value is -4.12. The zero-order valence-electron chi connectivity index (χ0n) is 26.9. The van der Waals surface area contributed by atoms with Gasteiger partial charge >= 0.3 is 0 Å². The zero-order chi connectivity index (χ0) is 32.1. The van der Waals surface area contributed by atoms with Crippen LogP contribution in [0.15, 0.2) is 72.8 Å². The number of rotatable bonds is 6. The van der Waals surface area contributed by atoms with Crippen LogP contribution in [0, 0.1) is 13.8 Å². The number of nitrogens with one attached hydrogen (secondary N) is 2. The van der Waals surface area contributed by atoms with E-state index in [1.807, 2.05) is 36.4 Å². The van der Waals surface area contributed by atoms with E-state index in [0.29, 0.717) is 16.5 Å². The van der Waals surface area contributed by atoms with Gasteiger partial charge in [0.15, 0.2) is 0 Å². The second-order valence-corrected chi connectivity index (χ2v) is 14.0. The molecule has 0 aliphatic heterocycles. The molecule has 6 heteroatoms. The molecular formula is C41H38Cl2N4. The molecule has 8 rings (SSSR count). The number of fused-ring (bicyclic) bond motifs is 6. The van der Waals surface area contributed by atoms with Crippen molar-refractivity contribution in [1.29, 1.82) is 0 Å². The van der Waals surface area contributed by atoms with Gasteiger partial charge in [0.2, 0.25) is 0 Å². The van der Waals surface area contributed by atoms with Crippen LogP contribution < -0.4 is 10.6 Å². The van der Waals surface area contributed by atoms with Gasteiger partial charge in [0.25, 0.3) is 0 Å². The second kappa shape index (κ2) is 12.5. The summed E-state index contributed by atoms with van der Waals surface area (Å²) in [5.74, 6) is 0. The summed E-state index contributed by atoms with van der Waals surface area (Å²) in [6, 6.07) is 25.1. The molecule has 4 nitrogen and oxygen atoms in total. The summed E-state index contributed by atoms with van der Waals surface area (Å²) in [6.07, 6.45) is 9.92. The number of benzene rings is 4. The van der Waals surface area contributed by atoms with Crippen molar-refractivity contribution in [2.24, 2.45) is 0 Å². The fourth-order valence-corrected chi connectivity index (χ4v) is 8.13. The van der Waals surface area contributed by atoms with Crippen molar-refractivity contribution in [3.63, 3.8) is 0 Å². The predicted molar refractivity (Wildman–Crippen MR) is 199 cm³/mol. The first kappa shape index (κ1) is 30.2. The van der Waals surface area contributed by atoms with Crippen molar-refractivity contribution in [1.82, 2.24) is 9.97 Å². The standard InChI is InChI=1S/C41H38Cl2N4/c1-24-36(40(46-30-13-7-11-28(42)21-30)34-19-17-26-9-3-5-15-32(26)38(34)44-24)23-37-25(2)45-39-33-16-6-4-10-27(33)18-20-35(39)41(37)47-31-14-8-12-29(43)22-31/h7-8,11-14,17-22H,3-6,9-10,15-16,23H2,1-2H3,(H,44,46)(H,45,47). The highest BCUT2D eigenvalue weighted by molar-refractivity contribution is 6.31. The minimum Gasteiger partial charge on any atom is -0.355 e. The van der Waals surface area contributed by atoms with Crippen molar-refractivity contribution < 1.29 is 0 Å². The number of aryl methyl sites for hydroxylation is 6. The highest BCUT2D eigenvalue weighted by atomic mass is 35.5. The second-order valence-electron chi connectivity index (χ2n) is 13.2. The first-order valence-electron chi connectivity index (χ1n) is 16.9. The molecule has 0 saturated carbocycles. The molecular weight excluding hydrogens is 619 g/mol. The van der Waals surface area contributed by atoms with E-state index in [0.717, 1.165) is 92.8 Å². The third-order valence-electron chi connectivity index (χ3n) is 10.1. The topological polar surface area (TPSA) is 49.8 Å². The maximum absolute atomic E-state index is 6.48. The van der Waals surface area contributed by atoms with E-state index in [4.69, 9.17) is 33.2 Å². The van der Waals surface area contributed by atoms with E-state index in [2.05, 4.69) is 60.9 Å². The Labute approximate surface area is 286 Å². The van der Waals surface area contributed by atoms with Crippen molar-refractivity contribution in [2.75, 3.05) is 10.6 Å². The van der Waals surface area contributed by atoms with Gasteiger partial charge in [0.05, 0.1) is 22.4 Å². The SMILES string of the molecule is Cc1nc2c3c(ccc2c(Nc2cccc(Cl)c2)c1Cc1c(C)nc2c4c(ccc2c1Nc1cccc(Cl)c1)CCCC4)CCCC3. The number of halogens is 2. The van der Waals surface area contributed by atoms with E-state index in [1.54, 1.807) is 0 Å². The van der Waals surface area contributed by atoms with Crippen molar-refractivity contribution in [3.05, 3.63) is 128 Å². The van der Waals surface area contributed by atoms with Gasteiger partial charge in [-0.1, -0.05) is 59.6 Å². The van der Waals surface area contributed by atoms with Crippen LogP contribution in [0.3, 0.4) is 0 Å². The Morgan fingerprint density at radius 2 is 1.02 bits per heavy atom. The first-order chi connectivity index (χ1) is 22.9. The van der Waals surface area contributed by atoms with Crippen LogP contribution in [0.4, 0.5) is 22.7 Å². The van der Waals surface area contributed by atoms with Gasteiger partial charge in [-0.15, -0.1) is 0 Å². The third-order valence-corrected chi connectivity index (χ3v) is 10.6. The molecule has 2 aromatic heterocycles. The van der Waals surface area contributed by atoms with Crippen LogP contribution >= 0.6 is 23.2 Å². The molecule has 2 N–H and O–H groups in total. The Morgan fingerprint density at radius 3 is 1.47 bits per heavy atom. The lowest BCUT2D eigenvalue weighted by atomic mass is 9.87. The van der Waals surface area contributed by atoms with Crippen molar-refractivity contribution >= 4 is 67.8 Å². The van der Waals surface area contributed by atoms with Crippen LogP contribution in [-0.4, -0.2) is 9.97 Å². The molecule has 4 aromatic carbocycles. The Balaban J connectivity index is 1.35. The van der Waals surface area contributed by atoms with Crippen molar-refractivity contribution in [2.45, 2.75) is 71.6 Å². The maximum Gasteiger partial charge on any atom is 0.0760 e. The van der Waals surface area contributed by atoms with Gasteiger partial charge in [-0.05, 0) is 124 Å². The molecule has 0 unspecified atom stereocenters. The molecule has 236 valence electrons. The molecule has 0 radical (unpaired) electrons. The van der Waals surface area contributed by atoms with Crippen LogP contribution in [0.1, 0.15) is 70.5 Å². The summed E-state index contributed by atoms with van der Waals surface area (Å²) in [7, 11) is 0. The molecule has 0 amide bonds. The number of hydrogen-bond acceptors (Lipinski definition) is 4. The van der Waals surface area contributed by atoms with E-state index < -0.39 is 0 Å². The lowest BCUT2D eigenvalue weighted by Gasteiger charge is -2.25. The van der Waals surface area contributed by atoms with Gasteiger partial charge in [-0.3, -0.25) is 9.97 Å². The predicted octanol–water partition coefficient (Wildman–Crippen LogP) is 11.5. The summed E-state index contributed by atoms with van der Waals surface area (Å²) < 4.78 is 0. The molecule has 0 bridgehead atoms. The van der Waals surface area contributed by atoms with Crippen LogP contribution in [0.25, 0.3) is 21.8 Å². The quantitative estimate of drug-likeness (QED) is 0.187. The number of anilines is 4. The molecule has 0 fully saturated rings. The first-order valence-corrected chi connectivity index (χ1v) is 17.6. The molecule has 2 aliphatic rings. The molecule has 2 aliphatic carbocycles. The van der Waals surface area contributed by atoms with E-state index in [-0.39, 0.29) is 0 Å². The van der Waals surface area contributed by atoms with Gasteiger partial charge in [0.1, 0.15) is 0 Å². The van der Waals surface area contributed by atoms with Gasteiger partial charge in [0, 0.05) is 61.1 Å². The van der Waals surface area contributed by atoms with E-state index >= 15 is 0 Å². The summed E-state index contributed by atoms with van der Waals surface area (Å²) in [5.41, 5.74) is 16.4. The number of pyridine rings is 2. The van der Waals surface area contributed by atoms with Gasteiger partial charge in [-0.2, -0.15) is 0 Å². The molecule has 47 heavy (non-hydrogen) atoms. The average molecular weight is 658 g/mol. The molecule has 0 saturated heterocycles. The summed E-state index contributed by atoms with van der Waals surface area (Å²) in [5, 5.41) is 11.3. The third kappa shape index (κ3) is 5.72. The van der Waals surface area contributed by atoms with Gasteiger partial charge < -0.3 is 10.6 Å². The molecule has 2 heterocycles. The van der Waals surface area contributed by atoms with E-state index in [9.17, 15) is 0 Å². The Kier molecular flexibility index (Phi) is 8.03. The van der Waals surface area contributed by atoms with Crippen molar-refractivity contribution in [3.8, 4) is 0 Å². The lowest BCUT2D eigenvalue weighted by Crippen LogP contribution is -2.11. The summed E-state index contributed by atoms with van der Waals surface area (Å²) in [6.45, 7) is 4.31. The fraction of sp³-hybridized carbons (Fsp3) is 0.268. The van der Waals surface area contributed by atoms with Crippen LogP contribution in [-0.2, 0) is 32.1 Å². The highest BCUT2D eigenvalue weighted by Gasteiger charge is 2.24.